The molecule has 1 saturated carbocycles. The smallest absolute Gasteiger partial charge is 0.425 e. The van der Waals surface area contributed by atoms with Gasteiger partial charge in [0.05, 0.1) is 17.1 Å². The van der Waals surface area contributed by atoms with Crippen LogP contribution in [0.15, 0.2) is 75.4 Å². The van der Waals surface area contributed by atoms with E-state index in [0.717, 1.165) is 45.0 Å². The Hall–Kier alpha value is -5.63. The molecule has 8 rings (SSSR count). The minimum absolute atomic E-state index is 0.0358. The quantitative estimate of drug-likeness (QED) is 0.178. The van der Waals surface area contributed by atoms with Gasteiger partial charge in [0.25, 0.3) is 5.56 Å². The zero-order valence-electron chi connectivity index (χ0n) is 29.3. The van der Waals surface area contributed by atoms with E-state index in [2.05, 4.69) is 26.7 Å². The van der Waals surface area contributed by atoms with Gasteiger partial charge in [-0.15, -0.1) is 5.10 Å². The topological polar surface area (TPSA) is 160 Å². The average Bonchev–Trinajstić information content (AvgIpc) is 3.51. The molecule has 2 amide bonds. The summed E-state index contributed by atoms with van der Waals surface area (Å²) in [5.41, 5.74) is 4.38. The number of benzene rings is 2. The van der Waals surface area contributed by atoms with Crippen LogP contribution in [0.25, 0.3) is 33.4 Å². The number of hydrogen-bond donors (Lipinski definition) is 0. The number of carbonyl (C=O) groups is 2. The lowest BCUT2D eigenvalue weighted by Gasteiger charge is -2.27. The van der Waals surface area contributed by atoms with Gasteiger partial charge in [0.15, 0.2) is 11.4 Å². The molecule has 266 valence electrons. The van der Waals surface area contributed by atoms with Gasteiger partial charge < -0.3 is 18.6 Å². The van der Waals surface area contributed by atoms with E-state index in [-0.39, 0.29) is 29.3 Å². The summed E-state index contributed by atoms with van der Waals surface area (Å²) in [4.78, 5) is 45.9. The minimum Gasteiger partial charge on any atom is -0.443 e. The van der Waals surface area contributed by atoms with E-state index in [4.69, 9.17) is 30.6 Å². The van der Waals surface area contributed by atoms with Crippen molar-refractivity contribution in [1.29, 1.82) is 0 Å². The molecule has 3 aromatic heterocycles. The number of tetrazole rings is 1. The van der Waals surface area contributed by atoms with Gasteiger partial charge in [-0.05, 0) is 117 Å². The number of halogens is 1. The van der Waals surface area contributed by atoms with Crippen LogP contribution in [0.5, 0.6) is 0 Å². The Morgan fingerprint density at radius 3 is 2.40 bits per heavy atom. The second kappa shape index (κ2) is 12.0. The summed E-state index contributed by atoms with van der Waals surface area (Å²) in [6.07, 6.45) is 2.96. The highest BCUT2D eigenvalue weighted by Crippen LogP contribution is 2.60. The summed E-state index contributed by atoms with van der Waals surface area (Å²) >= 11 is 6.40. The van der Waals surface area contributed by atoms with Crippen molar-refractivity contribution in [3.05, 3.63) is 87.7 Å². The fraction of sp³-hybridized carbons (Fsp3) is 0.351. The lowest BCUT2D eigenvalue weighted by Crippen LogP contribution is -2.44. The van der Waals surface area contributed by atoms with Gasteiger partial charge in [0, 0.05) is 46.6 Å². The van der Waals surface area contributed by atoms with Crippen molar-refractivity contribution in [2.45, 2.75) is 77.5 Å². The number of rotatable bonds is 5. The monoisotopic (exact) mass is 722 g/mol. The van der Waals surface area contributed by atoms with Crippen LogP contribution in [0.4, 0.5) is 15.4 Å². The maximum Gasteiger partial charge on any atom is 0.425 e. The average molecular weight is 723 g/mol. The Bertz CT molecular complexity index is 2370. The molecule has 0 N–H and O–H groups in total. The molecule has 0 unspecified atom stereocenters. The Balaban J connectivity index is 1.05. The number of aromatic nitrogens is 6. The number of imide groups is 1. The predicted molar refractivity (Wildman–Crippen MR) is 193 cm³/mol. The molecule has 5 aromatic rings. The molecule has 5 heterocycles. The van der Waals surface area contributed by atoms with Crippen molar-refractivity contribution in [3.8, 4) is 16.8 Å². The summed E-state index contributed by atoms with van der Waals surface area (Å²) in [6.45, 7) is 10.2. The molecular formula is C37H35ClN8O6. The van der Waals surface area contributed by atoms with Crippen molar-refractivity contribution >= 4 is 51.9 Å². The SMILES string of the molecule is CC(C)(C)OC(=O)N(C(=O)OC(C)(C)C)c1noc2cc(C3=CN=C([C@@H]4[C@H]5C[C@H]5c5cc(-c6cc(Cl)ccc6-n6cnnn6)cc(=O)n54)C3)ccc12. The van der Waals surface area contributed by atoms with Gasteiger partial charge in [0.2, 0.25) is 0 Å². The molecule has 52 heavy (non-hydrogen) atoms. The number of aliphatic imine (C=N–C) groups is 1. The number of amides is 2. The molecule has 1 aliphatic carbocycles. The van der Waals surface area contributed by atoms with Crippen LogP contribution in [0, 0.1) is 5.92 Å². The van der Waals surface area contributed by atoms with Gasteiger partial charge >= 0.3 is 12.2 Å². The number of nitrogens with zero attached hydrogens (tertiary/aromatic N) is 8. The Labute approximate surface area is 302 Å². The van der Waals surface area contributed by atoms with E-state index in [9.17, 15) is 14.4 Å². The molecule has 0 spiro atoms. The van der Waals surface area contributed by atoms with Crippen LogP contribution in [-0.2, 0) is 9.47 Å². The zero-order valence-corrected chi connectivity index (χ0v) is 30.1. The summed E-state index contributed by atoms with van der Waals surface area (Å²) in [5, 5.41) is 16.6. The van der Waals surface area contributed by atoms with Crippen molar-refractivity contribution in [1.82, 2.24) is 29.9 Å². The van der Waals surface area contributed by atoms with Gasteiger partial charge in [-0.25, -0.2) is 9.59 Å². The lowest BCUT2D eigenvalue weighted by atomic mass is 9.97. The first-order valence-corrected chi connectivity index (χ1v) is 17.2. The van der Waals surface area contributed by atoms with Crippen LogP contribution < -0.4 is 10.5 Å². The maximum atomic E-state index is 13.8. The number of allylic oxidation sites excluding steroid dienone is 1. The first-order chi connectivity index (χ1) is 24.6. The number of anilines is 1. The van der Waals surface area contributed by atoms with Crippen molar-refractivity contribution in [2.75, 3.05) is 4.90 Å². The summed E-state index contributed by atoms with van der Waals surface area (Å²) in [5.74, 6) is 0.493. The number of ether oxygens (including phenoxy) is 2. The third-order valence-electron chi connectivity index (χ3n) is 9.15. The minimum atomic E-state index is -0.935. The van der Waals surface area contributed by atoms with E-state index in [1.54, 1.807) is 70.5 Å². The molecule has 3 aliphatic rings. The number of fused-ring (bicyclic) bond motifs is 4. The summed E-state index contributed by atoms with van der Waals surface area (Å²) < 4.78 is 20.1. The third-order valence-corrected chi connectivity index (χ3v) is 9.39. The highest BCUT2D eigenvalue weighted by molar-refractivity contribution is 6.31. The van der Waals surface area contributed by atoms with Gasteiger partial charge in [-0.2, -0.15) is 9.58 Å². The van der Waals surface area contributed by atoms with Crippen molar-refractivity contribution in [3.63, 3.8) is 0 Å². The maximum absolute atomic E-state index is 13.8. The molecule has 14 nitrogen and oxygen atoms in total. The fourth-order valence-electron chi connectivity index (χ4n) is 6.99. The molecule has 0 radical (unpaired) electrons. The van der Waals surface area contributed by atoms with E-state index in [0.29, 0.717) is 28.1 Å². The third kappa shape index (κ3) is 6.06. The summed E-state index contributed by atoms with van der Waals surface area (Å²) in [7, 11) is 0. The molecule has 15 heteroatoms. The fourth-order valence-corrected chi connectivity index (χ4v) is 7.17. The van der Waals surface area contributed by atoms with E-state index >= 15 is 0 Å². The van der Waals surface area contributed by atoms with Crippen molar-refractivity contribution in [2.24, 2.45) is 10.9 Å². The molecule has 2 aromatic carbocycles. The van der Waals surface area contributed by atoms with E-state index < -0.39 is 23.4 Å². The van der Waals surface area contributed by atoms with Crippen LogP contribution >= 0.6 is 11.6 Å². The van der Waals surface area contributed by atoms with Gasteiger partial charge in [-0.3, -0.25) is 9.79 Å². The first-order valence-electron chi connectivity index (χ1n) is 16.9. The molecule has 0 bridgehead atoms. The van der Waals surface area contributed by atoms with Gasteiger partial charge in [0.1, 0.15) is 17.5 Å². The van der Waals surface area contributed by atoms with Crippen LogP contribution in [0.3, 0.4) is 0 Å². The van der Waals surface area contributed by atoms with Crippen LogP contribution in [0.1, 0.15) is 77.6 Å². The number of carbonyl (C=O) groups excluding carboxylic acids is 2. The van der Waals surface area contributed by atoms with Crippen LogP contribution in [0.2, 0.25) is 5.02 Å². The molecular weight excluding hydrogens is 688 g/mol. The largest absolute Gasteiger partial charge is 0.443 e. The lowest BCUT2D eigenvalue weighted by molar-refractivity contribution is 0.0428. The summed E-state index contributed by atoms with van der Waals surface area (Å²) in [6, 6.07) is 14.4. The molecule has 2 aliphatic heterocycles. The number of hydrogen-bond acceptors (Lipinski definition) is 11. The number of pyridine rings is 1. The highest BCUT2D eigenvalue weighted by Gasteiger charge is 2.54. The van der Waals surface area contributed by atoms with Crippen LogP contribution in [-0.4, -0.2) is 59.0 Å². The zero-order chi connectivity index (χ0) is 36.7. The van der Waals surface area contributed by atoms with Crippen molar-refractivity contribution < 1.29 is 23.6 Å². The normalized spacial score (nSPS) is 19.2. The Kier molecular flexibility index (Phi) is 7.72. The van der Waals surface area contributed by atoms with E-state index in [1.807, 2.05) is 29.0 Å². The Morgan fingerprint density at radius 1 is 0.962 bits per heavy atom. The highest BCUT2D eigenvalue weighted by atomic mass is 35.5. The first kappa shape index (κ1) is 33.5. The molecule has 1 fully saturated rings. The van der Waals surface area contributed by atoms with E-state index in [1.165, 1.54) is 6.33 Å². The molecule has 3 atom stereocenters. The second-order valence-corrected chi connectivity index (χ2v) is 15.6. The molecule has 0 saturated heterocycles. The predicted octanol–water partition coefficient (Wildman–Crippen LogP) is 7.51. The second-order valence-electron chi connectivity index (χ2n) is 15.2. The van der Waals surface area contributed by atoms with Gasteiger partial charge in [-0.1, -0.05) is 22.8 Å². The Morgan fingerprint density at radius 2 is 1.71 bits per heavy atom. The standard InChI is InChI=1S/C37H35ClN8O6/c1-36(2,3)50-34(48)46(35(49)51-37(4,5)6)33-23-9-7-19(13-30(23)52-41-33)21-11-27(39-17-21)32-26-16-25(26)29-12-20(14-31(47)45(29)32)24-15-22(38)8-10-28(24)44-18-40-42-43-44/h7-10,12-15,17-18,25-26,32H,11,16H2,1-6H3/t25-,26+,32+/m1/s1.